The molecule has 116 valence electrons. The summed E-state index contributed by atoms with van der Waals surface area (Å²) in [6.07, 6.45) is 2.81. The van der Waals surface area contributed by atoms with Crippen LogP contribution in [0.1, 0.15) is 41.6 Å². The molecule has 1 fully saturated rings. The van der Waals surface area contributed by atoms with E-state index in [1.54, 1.807) is 17.0 Å². The van der Waals surface area contributed by atoms with E-state index in [9.17, 15) is 14.3 Å². The lowest BCUT2D eigenvalue weighted by molar-refractivity contribution is 0.0635. The highest BCUT2D eigenvalue weighted by atomic mass is 19.1. The molecule has 2 aromatic rings. The molecule has 5 nitrogen and oxygen atoms in total. The van der Waals surface area contributed by atoms with Crippen molar-refractivity contribution in [2.24, 2.45) is 0 Å². The molecule has 1 amide bonds. The molecule has 1 aliphatic rings. The molecule has 6 heteroatoms. The number of likely N-dealkylation sites (tertiary alicyclic amines) is 1. The molecule has 2 atom stereocenters. The molecule has 3 heterocycles. The fourth-order valence-corrected chi connectivity index (χ4v) is 2.88. The number of aromatic nitrogens is 1. The zero-order valence-electron chi connectivity index (χ0n) is 12.0. The average molecular weight is 304 g/mol. The first-order valence-electron chi connectivity index (χ1n) is 7.30. The number of amides is 1. The number of aliphatic hydroxyl groups excluding tert-OH is 1. The van der Waals surface area contributed by atoms with Crippen LogP contribution in [0.15, 0.2) is 41.0 Å². The second-order valence-corrected chi connectivity index (χ2v) is 5.41. The number of pyridine rings is 1. The van der Waals surface area contributed by atoms with Gasteiger partial charge in [-0.15, -0.1) is 0 Å². The second kappa shape index (κ2) is 6.27. The van der Waals surface area contributed by atoms with Crippen LogP contribution in [-0.2, 0) is 0 Å². The number of nitrogens with zero attached hydrogens (tertiary/aromatic N) is 2. The maximum atomic E-state index is 13.2. The minimum Gasteiger partial charge on any atom is -0.467 e. The molecule has 0 spiro atoms. The van der Waals surface area contributed by atoms with Crippen LogP contribution >= 0.6 is 0 Å². The van der Waals surface area contributed by atoms with Gasteiger partial charge in [0.1, 0.15) is 17.6 Å². The molecule has 2 unspecified atom stereocenters. The first-order chi connectivity index (χ1) is 10.6. The van der Waals surface area contributed by atoms with Crippen LogP contribution < -0.4 is 0 Å². The van der Waals surface area contributed by atoms with Gasteiger partial charge in [0.05, 0.1) is 6.26 Å². The van der Waals surface area contributed by atoms with Crippen molar-refractivity contribution >= 4 is 5.91 Å². The number of furan rings is 1. The van der Waals surface area contributed by atoms with E-state index in [1.165, 1.54) is 24.5 Å². The Morgan fingerprint density at radius 3 is 3.05 bits per heavy atom. The molecule has 0 saturated carbocycles. The minimum atomic E-state index is -0.756. The van der Waals surface area contributed by atoms with E-state index >= 15 is 0 Å². The third-order valence-corrected chi connectivity index (χ3v) is 3.94. The summed E-state index contributed by atoms with van der Waals surface area (Å²) in [4.78, 5) is 17.8. The van der Waals surface area contributed by atoms with Crippen molar-refractivity contribution in [1.82, 2.24) is 9.88 Å². The Bertz CT molecular complexity index is 645. The summed E-state index contributed by atoms with van der Waals surface area (Å²) in [7, 11) is 0. The first-order valence-corrected chi connectivity index (χ1v) is 7.30. The van der Waals surface area contributed by atoms with Crippen molar-refractivity contribution in [3.8, 4) is 0 Å². The van der Waals surface area contributed by atoms with E-state index in [-0.39, 0.29) is 17.6 Å². The Balaban J connectivity index is 1.71. The van der Waals surface area contributed by atoms with Crippen LogP contribution in [0.25, 0.3) is 0 Å². The number of halogens is 1. The zero-order chi connectivity index (χ0) is 15.5. The largest absolute Gasteiger partial charge is 0.467 e. The lowest BCUT2D eigenvalue weighted by Crippen LogP contribution is -2.37. The Kier molecular flexibility index (Phi) is 4.20. The summed E-state index contributed by atoms with van der Waals surface area (Å²) in [5.41, 5.74) is 0.0967. The topological polar surface area (TPSA) is 66.6 Å². The number of hydrogen-bond acceptors (Lipinski definition) is 4. The maximum absolute atomic E-state index is 13.2. The summed E-state index contributed by atoms with van der Waals surface area (Å²) >= 11 is 0. The molecule has 2 aromatic heterocycles. The van der Waals surface area contributed by atoms with E-state index in [0.29, 0.717) is 18.7 Å². The van der Waals surface area contributed by atoms with Crippen LogP contribution in [0.5, 0.6) is 0 Å². The zero-order valence-corrected chi connectivity index (χ0v) is 12.0. The molecular weight excluding hydrogens is 287 g/mol. The summed E-state index contributed by atoms with van der Waals surface area (Å²) in [6.45, 7) is 0.590. The summed E-state index contributed by atoms with van der Waals surface area (Å²) in [5, 5.41) is 10.2. The molecule has 0 radical (unpaired) electrons. The molecule has 1 saturated heterocycles. The number of rotatable bonds is 4. The van der Waals surface area contributed by atoms with Crippen molar-refractivity contribution < 1.29 is 18.7 Å². The molecule has 0 bridgehead atoms. The molecule has 0 aliphatic carbocycles. The van der Waals surface area contributed by atoms with Crippen molar-refractivity contribution in [3.63, 3.8) is 0 Å². The van der Waals surface area contributed by atoms with E-state index in [1.807, 2.05) is 0 Å². The highest BCUT2D eigenvalue weighted by molar-refractivity contribution is 5.92. The van der Waals surface area contributed by atoms with Gasteiger partial charge in [-0.25, -0.2) is 4.98 Å². The van der Waals surface area contributed by atoms with Crippen molar-refractivity contribution in [3.05, 3.63) is 54.0 Å². The average Bonchev–Trinajstić information content (AvgIpc) is 3.18. The van der Waals surface area contributed by atoms with Crippen LogP contribution in [0, 0.1) is 5.95 Å². The van der Waals surface area contributed by atoms with Gasteiger partial charge in [0.25, 0.3) is 5.91 Å². The standard InChI is InChI=1S/C16H17FN2O3/c17-15-7-1-5-12(18-15)16(21)19-8-2-4-11(19)10-13(20)14-6-3-9-22-14/h1,3,5-7,9,11,13,20H,2,4,8,10H2. The number of carbonyl (C=O) groups is 1. The van der Waals surface area contributed by atoms with Gasteiger partial charge in [-0.3, -0.25) is 4.79 Å². The molecule has 22 heavy (non-hydrogen) atoms. The van der Waals surface area contributed by atoms with Gasteiger partial charge < -0.3 is 14.4 Å². The Hall–Kier alpha value is -2.21. The van der Waals surface area contributed by atoms with Gasteiger partial charge in [0.2, 0.25) is 5.95 Å². The summed E-state index contributed by atoms with van der Waals surface area (Å²) in [6, 6.07) is 7.51. The van der Waals surface area contributed by atoms with E-state index in [2.05, 4.69) is 4.98 Å². The predicted molar refractivity (Wildman–Crippen MR) is 76.5 cm³/mol. The third-order valence-electron chi connectivity index (χ3n) is 3.94. The van der Waals surface area contributed by atoms with Gasteiger partial charge in [-0.05, 0) is 37.1 Å². The molecule has 1 N–H and O–H groups in total. The summed E-state index contributed by atoms with van der Waals surface area (Å²) in [5.74, 6) is -0.478. The maximum Gasteiger partial charge on any atom is 0.272 e. The lowest BCUT2D eigenvalue weighted by atomic mass is 10.0. The summed E-state index contributed by atoms with van der Waals surface area (Å²) < 4.78 is 18.4. The van der Waals surface area contributed by atoms with Crippen molar-refractivity contribution in [2.45, 2.75) is 31.4 Å². The Labute approximate surface area is 127 Å². The lowest BCUT2D eigenvalue weighted by Gasteiger charge is -2.25. The van der Waals surface area contributed by atoms with E-state index in [0.717, 1.165) is 12.8 Å². The van der Waals surface area contributed by atoms with Gasteiger partial charge in [-0.2, -0.15) is 4.39 Å². The molecule has 0 aromatic carbocycles. The first kappa shape index (κ1) is 14.7. The minimum absolute atomic E-state index is 0.0967. The molecular formula is C16H17FN2O3. The highest BCUT2D eigenvalue weighted by Crippen LogP contribution is 2.28. The fraction of sp³-hybridized carbons (Fsp3) is 0.375. The highest BCUT2D eigenvalue weighted by Gasteiger charge is 2.32. The number of aliphatic hydroxyl groups is 1. The Morgan fingerprint density at radius 2 is 2.32 bits per heavy atom. The van der Waals surface area contributed by atoms with Gasteiger partial charge >= 0.3 is 0 Å². The number of carbonyl (C=O) groups excluding carboxylic acids is 1. The smallest absolute Gasteiger partial charge is 0.272 e. The second-order valence-electron chi connectivity index (χ2n) is 5.41. The molecule has 1 aliphatic heterocycles. The van der Waals surface area contributed by atoms with Crippen molar-refractivity contribution in [1.29, 1.82) is 0 Å². The van der Waals surface area contributed by atoms with Crippen molar-refractivity contribution in [2.75, 3.05) is 6.54 Å². The van der Waals surface area contributed by atoms with Gasteiger partial charge in [0, 0.05) is 19.0 Å². The van der Waals surface area contributed by atoms with Gasteiger partial charge in [0.15, 0.2) is 0 Å². The quantitative estimate of drug-likeness (QED) is 0.882. The normalized spacial score (nSPS) is 19.4. The third kappa shape index (κ3) is 3.01. The van der Waals surface area contributed by atoms with Gasteiger partial charge in [-0.1, -0.05) is 6.07 Å². The van der Waals surface area contributed by atoms with Crippen LogP contribution in [0.2, 0.25) is 0 Å². The predicted octanol–water partition coefficient (Wildman–Crippen LogP) is 2.54. The van der Waals surface area contributed by atoms with Crippen LogP contribution in [0.4, 0.5) is 4.39 Å². The van der Waals surface area contributed by atoms with E-state index < -0.39 is 12.1 Å². The SMILES string of the molecule is O=C(c1cccc(F)n1)N1CCCC1CC(O)c1ccco1. The van der Waals surface area contributed by atoms with Crippen LogP contribution in [0.3, 0.4) is 0 Å². The van der Waals surface area contributed by atoms with E-state index in [4.69, 9.17) is 4.42 Å². The fourth-order valence-electron chi connectivity index (χ4n) is 2.88. The monoisotopic (exact) mass is 304 g/mol. The molecule has 3 rings (SSSR count). The van der Waals surface area contributed by atoms with Crippen LogP contribution in [-0.4, -0.2) is 33.5 Å². The number of hydrogen-bond donors (Lipinski definition) is 1. The Morgan fingerprint density at radius 1 is 1.45 bits per heavy atom.